The Balaban J connectivity index is 4.48. The van der Waals surface area contributed by atoms with Crippen LogP contribution in [0.5, 0.6) is 0 Å². The van der Waals surface area contributed by atoms with Crippen molar-refractivity contribution in [2.45, 2.75) is 39.3 Å². The number of methoxy groups -OCH3 is 1. The van der Waals surface area contributed by atoms with Crippen molar-refractivity contribution in [3.63, 3.8) is 0 Å². The third-order valence-electron chi connectivity index (χ3n) is 2.57. The van der Waals surface area contributed by atoms with E-state index in [0.717, 1.165) is 0 Å². The lowest BCUT2D eigenvalue weighted by atomic mass is 10.0. The summed E-state index contributed by atoms with van der Waals surface area (Å²) in [4.78, 5) is 34.3. The molecule has 19 heavy (non-hydrogen) atoms. The van der Waals surface area contributed by atoms with Crippen LogP contribution in [-0.4, -0.2) is 44.1 Å². The summed E-state index contributed by atoms with van der Waals surface area (Å²) < 4.78 is 4.47. The van der Waals surface area contributed by atoms with Gasteiger partial charge in [0.1, 0.15) is 6.04 Å². The first-order valence-corrected chi connectivity index (χ1v) is 6.17. The maximum absolute atomic E-state index is 12.0. The summed E-state index contributed by atoms with van der Waals surface area (Å²) in [5.41, 5.74) is 0. The SMILES string of the molecule is CNC(=O)C[C@H](C)NC(=O)[C@@H](NC(=O)OC)C(C)C. The molecule has 0 aliphatic carbocycles. The Labute approximate surface area is 113 Å². The van der Waals surface area contributed by atoms with Gasteiger partial charge in [0.05, 0.1) is 7.11 Å². The van der Waals surface area contributed by atoms with E-state index in [1.54, 1.807) is 6.92 Å². The topological polar surface area (TPSA) is 96.5 Å². The number of hydrogen-bond donors (Lipinski definition) is 3. The van der Waals surface area contributed by atoms with E-state index in [1.165, 1.54) is 14.2 Å². The van der Waals surface area contributed by atoms with Gasteiger partial charge in [0, 0.05) is 19.5 Å². The third-order valence-corrected chi connectivity index (χ3v) is 2.57. The number of ether oxygens (including phenoxy) is 1. The highest BCUT2D eigenvalue weighted by Gasteiger charge is 2.25. The molecular formula is C12H23N3O4. The fourth-order valence-corrected chi connectivity index (χ4v) is 1.48. The minimum atomic E-state index is -0.695. The number of nitrogens with one attached hydrogen (secondary N) is 3. The molecule has 0 saturated carbocycles. The quantitative estimate of drug-likeness (QED) is 0.635. The zero-order valence-corrected chi connectivity index (χ0v) is 12.1. The van der Waals surface area contributed by atoms with Crippen LogP contribution in [0, 0.1) is 5.92 Å². The van der Waals surface area contributed by atoms with Crippen LogP contribution in [0.3, 0.4) is 0 Å². The molecule has 0 spiro atoms. The minimum absolute atomic E-state index is 0.0914. The number of carbonyl (C=O) groups excluding carboxylic acids is 3. The lowest BCUT2D eigenvalue weighted by Gasteiger charge is -2.23. The molecule has 0 heterocycles. The number of rotatable bonds is 6. The smallest absolute Gasteiger partial charge is 0.407 e. The summed E-state index contributed by atoms with van der Waals surface area (Å²) in [5, 5.41) is 7.63. The predicted octanol–water partition coefficient (Wildman–Crippen LogP) is 0.00780. The molecule has 3 N–H and O–H groups in total. The lowest BCUT2D eigenvalue weighted by Crippen LogP contribution is -2.52. The second-order valence-electron chi connectivity index (χ2n) is 4.64. The van der Waals surface area contributed by atoms with Crippen LogP contribution in [0.1, 0.15) is 27.2 Å². The van der Waals surface area contributed by atoms with Gasteiger partial charge in [-0.05, 0) is 12.8 Å². The van der Waals surface area contributed by atoms with E-state index < -0.39 is 12.1 Å². The average molecular weight is 273 g/mol. The van der Waals surface area contributed by atoms with E-state index in [9.17, 15) is 14.4 Å². The summed E-state index contributed by atoms with van der Waals surface area (Å²) >= 11 is 0. The molecule has 0 aromatic carbocycles. The van der Waals surface area contributed by atoms with Crippen molar-refractivity contribution in [1.82, 2.24) is 16.0 Å². The second-order valence-corrected chi connectivity index (χ2v) is 4.64. The van der Waals surface area contributed by atoms with E-state index in [4.69, 9.17) is 0 Å². The minimum Gasteiger partial charge on any atom is -0.453 e. The third kappa shape index (κ3) is 6.64. The summed E-state index contributed by atoms with van der Waals surface area (Å²) in [7, 11) is 2.77. The summed E-state index contributed by atoms with van der Waals surface area (Å²) in [5.74, 6) is -0.585. The van der Waals surface area contributed by atoms with Crippen LogP contribution in [0.25, 0.3) is 0 Å². The monoisotopic (exact) mass is 273 g/mol. The van der Waals surface area contributed by atoms with Crippen molar-refractivity contribution in [2.24, 2.45) is 5.92 Å². The number of carbonyl (C=O) groups is 3. The van der Waals surface area contributed by atoms with E-state index in [0.29, 0.717) is 0 Å². The van der Waals surface area contributed by atoms with E-state index in [2.05, 4.69) is 20.7 Å². The maximum atomic E-state index is 12.0. The van der Waals surface area contributed by atoms with E-state index in [1.807, 2.05) is 13.8 Å². The fourth-order valence-electron chi connectivity index (χ4n) is 1.48. The Hall–Kier alpha value is -1.79. The average Bonchev–Trinajstić information content (AvgIpc) is 2.34. The molecular weight excluding hydrogens is 250 g/mol. The first-order chi connectivity index (χ1) is 8.81. The summed E-state index contributed by atoms with van der Waals surface area (Å²) in [6.45, 7) is 5.34. The highest BCUT2D eigenvalue weighted by atomic mass is 16.5. The Morgan fingerprint density at radius 2 is 1.68 bits per heavy atom. The van der Waals surface area contributed by atoms with Crippen LogP contribution in [-0.2, 0) is 14.3 Å². The molecule has 7 heteroatoms. The van der Waals surface area contributed by atoms with Crippen molar-refractivity contribution < 1.29 is 19.1 Å². The Bertz CT molecular complexity index is 331. The van der Waals surface area contributed by atoms with Crippen molar-refractivity contribution >= 4 is 17.9 Å². The second kappa shape index (κ2) is 8.34. The van der Waals surface area contributed by atoms with Gasteiger partial charge >= 0.3 is 6.09 Å². The lowest BCUT2D eigenvalue weighted by molar-refractivity contribution is -0.125. The van der Waals surface area contributed by atoms with Gasteiger partial charge in [0.25, 0.3) is 0 Å². The predicted molar refractivity (Wildman–Crippen MR) is 70.5 cm³/mol. The molecule has 0 fully saturated rings. The fraction of sp³-hybridized carbons (Fsp3) is 0.750. The van der Waals surface area contributed by atoms with Gasteiger partial charge in [-0.2, -0.15) is 0 Å². The van der Waals surface area contributed by atoms with Gasteiger partial charge in [-0.25, -0.2) is 4.79 Å². The van der Waals surface area contributed by atoms with Crippen LogP contribution < -0.4 is 16.0 Å². The van der Waals surface area contributed by atoms with Gasteiger partial charge in [0.2, 0.25) is 11.8 Å². The highest BCUT2D eigenvalue weighted by Crippen LogP contribution is 2.03. The van der Waals surface area contributed by atoms with Crippen molar-refractivity contribution in [3.05, 3.63) is 0 Å². The molecule has 7 nitrogen and oxygen atoms in total. The largest absolute Gasteiger partial charge is 0.453 e. The van der Waals surface area contributed by atoms with Gasteiger partial charge in [0.15, 0.2) is 0 Å². The van der Waals surface area contributed by atoms with Crippen LogP contribution in [0.4, 0.5) is 4.79 Å². The standard InChI is InChI=1S/C12H23N3O4/c1-7(2)10(15-12(18)19-5)11(17)14-8(3)6-9(16)13-4/h7-8,10H,6H2,1-5H3,(H,13,16)(H,14,17)(H,15,18)/t8-,10-/m0/s1. The van der Waals surface area contributed by atoms with E-state index >= 15 is 0 Å². The summed E-state index contributed by atoms with van der Waals surface area (Å²) in [6.07, 6.45) is -0.474. The zero-order chi connectivity index (χ0) is 15.0. The number of hydrogen-bond acceptors (Lipinski definition) is 4. The molecule has 0 bridgehead atoms. The van der Waals surface area contributed by atoms with Crippen LogP contribution in [0.2, 0.25) is 0 Å². The van der Waals surface area contributed by atoms with Gasteiger partial charge in [-0.1, -0.05) is 13.8 Å². The van der Waals surface area contributed by atoms with Gasteiger partial charge in [-0.15, -0.1) is 0 Å². The first-order valence-electron chi connectivity index (χ1n) is 6.17. The van der Waals surface area contributed by atoms with Crippen molar-refractivity contribution in [1.29, 1.82) is 0 Å². The molecule has 0 aliphatic rings. The summed E-state index contributed by atoms with van der Waals surface area (Å²) in [6, 6.07) is -1.01. The molecule has 0 unspecified atom stereocenters. The molecule has 0 rings (SSSR count). The molecule has 0 aromatic heterocycles. The molecule has 2 atom stereocenters. The van der Waals surface area contributed by atoms with E-state index in [-0.39, 0.29) is 30.2 Å². The van der Waals surface area contributed by atoms with Crippen molar-refractivity contribution in [3.8, 4) is 0 Å². The number of amides is 3. The van der Waals surface area contributed by atoms with Gasteiger partial charge in [-0.3, -0.25) is 9.59 Å². The molecule has 0 aromatic rings. The molecule has 0 aliphatic heterocycles. The first kappa shape index (κ1) is 17.2. The molecule has 0 saturated heterocycles. The Morgan fingerprint density at radius 3 is 2.11 bits per heavy atom. The normalized spacial score (nSPS) is 13.4. The number of alkyl carbamates (subject to hydrolysis) is 1. The molecule has 0 radical (unpaired) electrons. The van der Waals surface area contributed by atoms with Gasteiger partial charge < -0.3 is 20.7 Å². The maximum Gasteiger partial charge on any atom is 0.407 e. The Morgan fingerprint density at radius 1 is 1.11 bits per heavy atom. The highest BCUT2D eigenvalue weighted by molar-refractivity contribution is 5.86. The molecule has 3 amide bonds. The van der Waals surface area contributed by atoms with Crippen molar-refractivity contribution in [2.75, 3.05) is 14.2 Å². The Kier molecular flexibility index (Phi) is 7.55. The van der Waals surface area contributed by atoms with Crippen LogP contribution in [0.15, 0.2) is 0 Å². The van der Waals surface area contributed by atoms with Crippen LogP contribution >= 0.6 is 0 Å². The zero-order valence-electron chi connectivity index (χ0n) is 12.1. The molecule has 110 valence electrons.